The van der Waals surface area contributed by atoms with Gasteiger partial charge in [-0.3, -0.25) is 4.79 Å². The minimum atomic E-state index is -0.342. The summed E-state index contributed by atoms with van der Waals surface area (Å²) in [6.07, 6.45) is 5.70. The number of ether oxygens (including phenoxy) is 2. The van der Waals surface area contributed by atoms with E-state index in [1.54, 1.807) is 35.7 Å². The van der Waals surface area contributed by atoms with Gasteiger partial charge in [-0.05, 0) is 37.6 Å². The van der Waals surface area contributed by atoms with E-state index >= 15 is 0 Å². The second-order valence-corrected chi connectivity index (χ2v) is 7.53. The molecule has 7 nitrogen and oxygen atoms in total. The Morgan fingerprint density at radius 1 is 1.23 bits per heavy atom. The summed E-state index contributed by atoms with van der Waals surface area (Å²) in [5, 5.41) is 14.3. The van der Waals surface area contributed by atoms with E-state index < -0.39 is 0 Å². The second kappa shape index (κ2) is 11.5. The number of carbonyl (C=O) groups is 1. The first kappa shape index (κ1) is 22.0. The van der Waals surface area contributed by atoms with Crippen LogP contribution in [0.5, 0.6) is 11.5 Å². The third-order valence-corrected chi connectivity index (χ3v) is 4.90. The van der Waals surface area contributed by atoms with Gasteiger partial charge in [0.05, 0.1) is 23.4 Å². The van der Waals surface area contributed by atoms with Gasteiger partial charge in [0.25, 0.3) is 0 Å². The molecular formula is C23H22N4O3S. The number of amides is 1. The van der Waals surface area contributed by atoms with E-state index in [-0.39, 0.29) is 5.91 Å². The number of nitrogens with zero attached hydrogens (tertiary/aromatic N) is 3. The topological polar surface area (TPSA) is 97.1 Å². The number of thiazole rings is 1. The highest BCUT2D eigenvalue weighted by molar-refractivity contribution is 7.09. The maximum Gasteiger partial charge on any atom is 0.249 e. The molecule has 158 valence electrons. The first-order valence-electron chi connectivity index (χ1n) is 9.72. The molecule has 0 unspecified atom stereocenters. The number of carbonyl (C=O) groups excluding carboxylic acids is 1. The summed E-state index contributed by atoms with van der Waals surface area (Å²) < 4.78 is 11.5. The zero-order valence-electron chi connectivity index (χ0n) is 17.1. The van der Waals surface area contributed by atoms with Gasteiger partial charge < -0.3 is 14.8 Å². The Morgan fingerprint density at radius 2 is 2.06 bits per heavy atom. The number of aryl methyl sites for hydroxylation is 1. The van der Waals surface area contributed by atoms with Gasteiger partial charge in [-0.25, -0.2) is 9.97 Å². The van der Waals surface area contributed by atoms with Crippen LogP contribution in [-0.2, 0) is 11.4 Å². The third kappa shape index (κ3) is 6.94. The average molecular weight is 435 g/mol. The van der Waals surface area contributed by atoms with E-state index in [9.17, 15) is 4.79 Å². The van der Waals surface area contributed by atoms with E-state index in [4.69, 9.17) is 14.7 Å². The fourth-order valence-electron chi connectivity index (χ4n) is 2.63. The number of nitriles is 1. The number of para-hydroxylation sites is 1. The van der Waals surface area contributed by atoms with Crippen LogP contribution in [0.4, 0.5) is 5.82 Å². The van der Waals surface area contributed by atoms with Crippen molar-refractivity contribution in [1.82, 2.24) is 9.97 Å². The molecule has 0 saturated carbocycles. The van der Waals surface area contributed by atoms with Gasteiger partial charge in [0, 0.05) is 29.6 Å². The summed E-state index contributed by atoms with van der Waals surface area (Å²) in [6, 6.07) is 13.0. The van der Waals surface area contributed by atoms with Crippen LogP contribution >= 0.6 is 11.3 Å². The molecular weight excluding hydrogens is 412 g/mol. The number of benzene rings is 1. The molecule has 1 aromatic carbocycles. The van der Waals surface area contributed by atoms with E-state index in [1.165, 1.54) is 6.08 Å². The standard InChI is InChI=1S/C23H22N4O3S/c1-17-26-19(16-31-17)15-30-20-8-3-2-7-18(20)10-11-22(28)27-23-21(9-6-13-25-23)29-14-5-4-12-24/h2-3,6-11,13,16H,4-5,14-15H2,1H3,(H,25,27,28)/b11-10+. The Labute approximate surface area is 185 Å². The normalized spacial score (nSPS) is 10.6. The van der Waals surface area contributed by atoms with Crippen molar-refractivity contribution in [3.05, 3.63) is 70.3 Å². The number of rotatable bonds is 10. The fraction of sp³-hybridized carbons (Fsp3) is 0.217. The quantitative estimate of drug-likeness (QED) is 0.365. The monoisotopic (exact) mass is 434 g/mol. The van der Waals surface area contributed by atoms with Crippen LogP contribution in [0.2, 0.25) is 0 Å². The zero-order chi connectivity index (χ0) is 21.9. The summed E-state index contributed by atoms with van der Waals surface area (Å²) in [5.74, 6) is 1.11. The molecule has 3 rings (SSSR count). The van der Waals surface area contributed by atoms with Gasteiger partial charge in [0.1, 0.15) is 12.4 Å². The van der Waals surface area contributed by atoms with Crippen molar-refractivity contribution in [3.8, 4) is 17.6 Å². The van der Waals surface area contributed by atoms with Crippen LogP contribution in [0.1, 0.15) is 29.1 Å². The predicted octanol–water partition coefficient (Wildman–Crippen LogP) is 4.76. The van der Waals surface area contributed by atoms with Crippen molar-refractivity contribution >= 4 is 29.1 Å². The lowest BCUT2D eigenvalue weighted by Crippen LogP contribution is -2.11. The minimum absolute atomic E-state index is 0.331. The van der Waals surface area contributed by atoms with Gasteiger partial charge in [-0.2, -0.15) is 5.26 Å². The fourth-order valence-corrected chi connectivity index (χ4v) is 3.23. The summed E-state index contributed by atoms with van der Waals surface area (Å²) in [7, 11) is 0. The van der Waals surface area contributed by atoms with Crippen LogP contribution in [0.3, 0.4) is 0 Å². The van der Waals surface area contributed by atoms with Crippen molar-refractivity contribution in [1.29, 1.82) is 5.26 Å². The molecule has 0 atom stereocenters. The SMILES string of the molecule is Cc1nc(COc2ccccc2/C=C/C(=O)Nc2ncccc2OCCCC#N)cs1. The van der Waals surface area contributed by atoms with E-state index in [0.717, 1.165) is 16.3 Å². The lowest BCUT2D eigenvalue weighted by molar-refractivity contribution is -0.111. The van der Waals surface area contributed by atoms with Crippen molar-refractivity contribution < 1.29 is 14.3 Å². The molecule has 0 saturated heterocycles. The van der Waals surface area contributed by atoms with E-state index in [1.807, 2.05) is 36.6 Å². The van der Waals surface area contributed by atoms with Crippen LogP contribution in [0.25, 0.3) is 6.08 Å². The van der Waals surface area contributed by atoms with Gasteiger partial charge in [0.2, 0.25) is 5.91 Å². The number of nitrogens with one attached hydrogen (secondary N) is 1. The molecule has 2 heterocycles. The summed E-state index contributed by atoms with van der Waals surface area (Å²) in [4.78, 5) is 21.0. The highest BCUT2D eigenvalue weighted by Crippen LogP contribution is 2.23. The van der Waals surface area contributed by atoms with Gasteiger partial charge in [-0.1, -0.05) is 18.2 Å². The Morgan fingerprint density at radius 3 is 2.87 bits per heavy atom. The van der Waals surface area contributed by atoms with E-state index in [0.29, 0.717) is 43.4 Å². The molecule has 1 N–H and O–H groups in total. The number of anilines is 1. The van der Waals surface area contributed by atoms with Crippen molar-refractivity contribution in [2.24, 2.45) is 0 Å². The minimum Gasteiger partial charge on any atom is -0.490 e. The van der Waals surface area contributed by atoms with Crippen LogP contribution in [0, 0.1) is 18.3 Å². The maximum absolute atomic E-state index is 12.4. The van der Waals surface area contributed by atoms with Crippen LogP contribution < -0.4 is 14.8 Å². The molecule has 8 heteroatoms. The third-order valence-electron chi connectivity index (χ3n) is 4.08. The molecule has 0 spiro atoms. The van der Waals surface area contributed by atoms with Crippen molar-refractivity contribution in [2.75, 3.05) is 11.9 Å². The first-order valence-corrected chi connectivity index (χ1v) is 10.6. The van der Waals surface area contributed by atoms with Gasteiger partial charge >= 0.3 is 0 Å². The summed E-state index contributed by atoms with van der Waals surface area (Å²) in [6.45, 7) is 2.69. The molecule has 0 bridgehead atoms. The summed E-state index contributed by atoms with van der Waals surface area (Å²) >= 11 is 1.58. The lowest BCUT2D eigenvalue weighted by Gasteiger charge is -2.10. The predicted molar refractivity (Wildman–Crippen MR) is 120 cm³/mol. The van der Waals surface area contributed by atoms with Gasteiger partial charge in [-0.15, -0.1) is 11.3 Å². The molecule has 2 aromatic heterocycles. The molecule has 0 aliphatic rings. The van der Waals surface area contributed by atoms with Crippen LogP contribution in [-0.4, -0.2) is 22.5 Å². The Balaban J connectivity index is 1.61. The number of aromatic nitrogens is 2. The Hall–Kier alpha value is -3.70. The molecule has 0 aliphatic carbocycles. The van der Waals surface area contributed by atoms with Gasteiger partial charge in [0.15, 0.2) is 11.6 Å². The van der Waals surface area contributed by atoms with Crippen molar-refractivity contribution in [2.45, 2.75) is 26.4 Å². The lowest BCUT2D eigenvalue weighted by atomic mass is 10.2. The molecule has 0 fully saturated rings. The molecule has 1 amide bonds. The largest absolute Gasteiger partial charge is 0.490 e. The molecule has 3 aromatic rings. The van der Waals surface area contributed by atoms with E-state index in [2.05, 4.69) is 21.4 Å². The highest BCUT2D eigenvalue weighted by Gasteiger charge is 2.08. The summed E-state index contributed by atoms with van der Waals surface area (Å²) in [5.41, 5.74) is 1.65. The average Bonchev–Trinajstić information content (AvgIpc) is 3.20. The second-order valence-electron chi connectivity index (χ2n) is 6.47. The highest BCUT2D eigenvalue weighted by atomic mass is 32.1. The first-order chi connectivity index (χ1) is 15.2. The number of hydrogen-bond donors (Lipinski definition) is 1. The Bertz CT molecular complexity index is 1090. The van der Waals surface area contributed by atoms with Crippen LogP contribution in [0.15, 0.2) is 54.1 Å². The molecule has 31 heavy (non-hydrogen) atoms. The smallest absolute Gasteiger partial charge is 0.249 e. The molecule has 0 aliphatic heterocycles. The molecule has 0 radical (unpaired) electrons. The zero-order valence-corrected chi connectivity index (χ0v) is 17.9. The number of unbranched alkanes of at least 4 members (excludes halogenated alkanes) is 1. The Kier molecular flexibility index (Phi) is 8.14. The maximum atomic E-state index is 12.4. The van der Waals surface area contributed by atoms with Crippen molar-refractivity contribution in [3.63, 3.8) is 0 Å². The number of hydrogen-bond acceptors (Lipinski definition) is 7. The number of pyridine rings is 1.